The number of carbonyl (C=O) groups is 1. The molecule has 0 aliphatic heterocycles. The topological polar surface area (TPSA) is 35.5 Å². The van der Waals surface area contributed by atoms with Crippen molar-refractivity contribution in [2.45, 2.75) is 52.4 Å². The van der Waals surface area contributed by atoms with E-state index >= 15 is 0 Å². The van der Waals surface area contributed by atoms with Crippen molar-refractivity contribution >= 4 is 5.97 Å². The molecule has 0 bridgehead atoms. The normalized spacial score (nSPS) is 10.9. The van der Waals surface area contributed by atoms with Crippen molar-refractivity contribution in [2.75, 3.05) is 19.8 Å². The van der Waals surface area contributed by atoms with E-state index in [-0.39, 0.29) is 5.97 Å². The molecule has 3 heteroatoms. The predicted molar refractivity (Wildman–Crippen MR) is 70.0 cm³/mol. The number of hydrogen-bond donors (Lipinski definition) is 0. The molecule has 3 nitrogen and oxygen atoms in total. The number of carbonyl (C=O) groups excluding carboxylic acids is 1. The third-order valence-corrected chi connectivity index (χ3v) is 2.30. The second kappa shape index (κ2) is 13.2. The second-order valence-electron chi connectivity index (χ2n) is 3.95. The highest BCUT2D eigenvalue weighted by atomic mass is 16.5. The molecule has 0 aliphatic rings. The van der Waals surface area contributed by atoms with Gasteiger partial charge >= 0.3 is 5.97 Å². The van der Waals surface area contributed by atoms with Crippen LogP contribution in [0.25, 0.3) is 0 Å². The quantitative estimate of drug-likeness (QED) is 0.316. The Morgan fingerprint density at radius 1 is 1.12 bits per heavy atom. The van der Waals surface area contributed by atoms with E-state index in [9.17, 15) is 4.79 Å². The van der Waals surface area contributed by atoms with Gasteiger partial charge in [0, 0.05) is 13.0 Å². The highest BCUT2D eigenvalue weighted by Crippen LogP contribution is 2.04. The molecule has 17 heavy (non-hydrogen) atoms. The van der Waals surface area contributed by atoms with Gasteiger partial charge in [0.25, 0.3) is 0 Å². The van der Waals surface area contributed by atoms with Gasteiger partial charge in [0.1, 0.15) is 0 Å². The Morgan fingerprint density at radius 3 is 2.65 bits per heavy atom. The molecule has 0 saturated carbocycles. The lowest BCUT2D eigenvalue weighted by atomic mass is 10.1. The predicted octanol–water partition coefficient (Wildman–Crippen LogP) is 3.48. The van der Waals surface area contributed by atoms with Gasteiger partial charge in [-0.05, 0) is 32.6 Å². The maximum Gasteiger partial charge on any atom is 0.305 e. The summed E-state index contributed by atoms with van der Waals surface area (Å²) in [7, 11) is 0. The van der Waals surface area contributed by atoms with Gasteiger partial charge in [0.15, 0.2) is 0 Å². The lowest BCUT2D eigenvalue weighted by molar-refractivity contribution is -0.143. The standard InChI is InChI=1S/C14H26O3/c1-3-12-17-14(15)11-9-7-5-6-8-10-13-16-4-2/h8,10H,3-7,9,11-13H2,1-2H3/b10-8+. The fraction of sp³-hybridized carbons (Fsp3) is 0.786. The van der Waals surface area contributed by atoms with Gasteiger partial charge in [0.2, 0.25) is 0 Å². The van der Waals surface area contributed by atoms with Gasteiger partial charge in [-0.15, -0.1) is 0 Å². The number of allylic oxidation sites excluding steroid dienone is 1. The van der Waals surface area contributed by atoms with Gasteiger partial charge in [0.05, 0.1) is 13.2 Å². The molecule has 0 heterocycles. The average molecular weight is 242 g/mol. The summed E-state index contributed by atoms with van der Waals surface area (Å²) >= 11 is 0. The molecule has 0 N–H and O–H groups in total. The SMILES string of the molecule is CCCOC(=O)CCCCC/C=C/COCC. The molecule has 0 spiro atoms. The van der Waals surface area contributed by atoms with E-state index in [1.165, 1.54) is 0 Å². The Kier molecular flexibility index (Phi) is 12.6. The maximum absolute atomic E-state index is 11.2. The minimum Gasteiger partial charge on any atom is -0.466 e. The van der Waals surface area contributed by atoms with Crippen LogP contribution in [0.1, 0.15) is 52.4 Å². The molecule has 0 aromatic carbocycles. The van der Waals surface area contributed by atoms with E-state index in [0.717, 1.165) is 38.7 Å². The van der Waals surface area contributed by atoms with Gasteiger partial charge < -0.3 is 9.47 Å². The molecule has 0 atom stereocenters. The molecule has 0 saturated heterocycles. The van der Waals surface area contributed by atoms with E-state index in [0.29, 0.717) is 19.6 Å². The first-order valence-electron chi connectivity index (χ1n) is 6.69. The largest absolute Gasteiger partial charge is 0.466 e. The number of ether oxygens (including phenoxy) is 2. The summed E-state index contributed by atoms with van der Waals surface area (Å²) in [5.74, 6) is -0.0567. The summed E-state index contributed by atoms with van der Waals surface area (Å²) in [6.07, 6.45) is 9.87. The molecule has 0 amide bonds. The zero-order valence-corrected chi connectivity index (χ0v) is 11.2. The molecular weight excluding hydrogens is 216 g/mol. The Morgan fingerprint density at radius 2 is 1.94 bits per heavy atom. The number of hydrogen-bond acceptors (Lipinski definition) is 3. The molecule has 0 aromatic rings. The van der Waals surface area contributed by atoms with Crippen LogP contribution < -0.4 is 0 Å². The Balaban J connectivity index is 3.17. The van der Waals surface area contributed by atoms with Crippen LogP contribution in [0.4, 0.5) is 0 Å². The summed E-state index contributed by atoms with van der Waals surface area (Å²) in [6.45, 7) is 6.02. The third-order valence-electron chi connectivity index (χ3n) is 2.30. The Bertz CT molecular complexity index is 200. The minimum absolute atomic E-state index is 0.0567. The lowest BCUT2D eigenvalue weighted by Gasteiger charge is -2.02. The van der Waals surface area contributed by atoms with Crippen molar-refractivity contribution in [1.29, 1.82) is 0 Å². The molecular formula is C14H26O3. The summed E-state index contributed by atoms with van der Waals surface area (Å²) < 4.78 is 10.2. The van der Waals surface area contributed by atoms with Crippen LogP contribution >= 0.6 is 0 Å². The van der Waals surface area contributed by atoms with Gasteiger partial charge in [-0.3, -0.25) is 4.79 Å². The van der Waals surface area contributed by atoms with Crippen LogP contribution in [-0.4, -0.2) is 25.8 Å². The molecule has 0 radical (unpaired) electrons. The van der Waals surface area contributed by atoms with E-state index in [1.807, 2.05) is 13.8 Å². The maximum atomic E-state index is 11.2. The van der Waals surface area contributed by atoms with E-state index in [4.69, 9.17) is 9.47 Å². The first-order chi connectivity index (χ1) is 8.31. The monoisotopic (exact) mass is 242 g/mol. The van der Waals surface area contributed by atoms with Crippen molar-refractivity contribution in [3.8, 4) is 0 Å². The smallest absolute Gasteiger partial charge is 0.305 e. The molecule has 0 aromatic heterocycles. The highest BCUT2D eigenvalue weighted by molar-refractivity contribution is 5.69. The van der Waals surface area contributed by atoms with Crippen molar-refractivity contribution in [2.24, 2.45) is 0 Å². The number of unbranched alkanes of at least 4 members (excludes halogenated alkanes) is 3. The van der Waals surface area contributed by atoms with Crippen LogP contribution in [0, 0.1) is 0 Å². The van der Waals surface area contributed by atoms with Crippen molar-refractivity contribution in [1.82, 2.24) is 0 Å². The minimum atomic E-state index is -0.0567. The number of rotatable bonds is 11. The Hall–Kier alpha value is -0.830. The molecule has 100 valence electrons. The van der Waals surface area contributed by atoms with Crippen LogP contribution in [0.15, 0.2) is 12.2 Å². The summed E-state index contributed by atoms with van der Waals surface area (Å²) in [4.78, 5) is 11.2. The Labute approximate surface area is 105 Å². The van der Waals surface area contributed by atoms with Crippen LogP contribution in [-0.2, 0) is 14.3 Å². The summed E-state index contributed by atoms with van der Waals surface area (Å²) in [6, 6.07) is 0. The fourth-order valence-corrected chi connectivity index (χ4v) is 1.37. The van der Waals surface area contributed by atoms with Gasteiger partial charge in [-0.25, -0.2) is 0 Å². The first-order valence-corrected chi connectivity index (χ1v) is 6.69. The van der Waals surface area contributed by atoms with Gasteiger partial charge in [-0.1, -0.05) is 25.5 Å². The summed E-state index contributed by atoms with van der Waals surface area (Å²) in [5.41, 5.74) is 0. The molecule has 0 rings (SSSR count). The first kappa shape index (κ1) is 16.2. The van der Waals surface area contributed by atoms with Crippen LogP contribution in [0.5, 0.6) is 0 Å². The third kappa shape index (κ3) is 13.1. The summed E-state index contributed by atoms with van der Waals surface area (Å²) in [5, 5.41) is 0. The fourth-order valence-electron chi connectivity index (χ4n) is 1.37. The highest BCUT2D eigenvalue weighted by Gasteiger charge is 2.00. The zero-order valence-electron chi connectivity index (χ0n) is 11.2. The van der Waals surface area contributed by atoms with Crippen LogP contribution in [0.2, 0.25) is 0 Å². The number of esters is 1. The van der Waals surface area contributed by atoms with Crippen molar-refractivity contribution in [3.05, 3.63) is 12.2 Å². The van der Waals surface area contributed by atoms with E-state index in [2.05, 4.69) is 12.2 Å². The second-order valence-corrected chi connectivity index (χ2v) is 3.95. The average Bonchev–Trinajstić information content (AvgIpc) is 2.34. The molecule has 0 aliphatic carbocycles. The van der Waals surface area contributed by atoms with Crippen molar-refractivity contribution < 1.29 is 14.3 Å². The van der Waals surface area contributed by atoms with Crippen molar-refractivity contribution in [3.63, 3.8) is 0 Å². The van der Waals surface area contributed by atoms with E-state index in [1.54, 1.807) is 0 Å². The van der Waals surface area contributed by atoms with Gasteiger partial charge in [-0.2, -0.15) is 0 Å². The van der Waals surface area contributed by atoms with E-state index < -0.39 is 0 Å². The lowest BCUT2D eigenvalue weighted by Crippen LogP contribution is -2.04. The zero-order chi connectivity index (χ0) is 12.8. The van der Waals surface area contributed by atoms with Crippen LogP contribution in [0.3, 0.4) is 0 Å². The molecule has 0 unspecified atom stereocenters. The molecule has 0 fully saturated rings.